The van der Waals surface area contributed by atoms with E-state index in [1.807, 2.05) is 62.1 Å². The summed E-state index contributed by atoms with van der Waals surface area (Å²) in [5, 5.41) is 2.98. The summed E-state index contributed by atoms with van der Waals surface area (Å²) in [6.45, 7) is 7.51. The van der Waals surface area contributed by atoms with E-state index in [0.29, 0.717) is 49.4 Å². The number of hydrogen-bond donors (Lipinski definition) is 1. The molecule has 0 radical (unpaired) electrons. The molecule has 2 saturated heterocycles. The van der Waals surface area contributed by atoms with Crippen LogP contribution in [0.4, 0.5) is 0 Å². The Morgan fingerprint density at radius 3 is 2.55 bits per heavy atom. The fourth-order valence-electron chi connectivity index (χ4n) is 5.43. The zero-order valence-corrected chi connectivity index (χ0v) is 22.2. The highest BCUT2D eigenvalue weighted by atomic mass is 16.7. The Labute approximate surface area is 223 Å². The number of fused-ring (bicyclic) bond motifs is 1. The molecule has 2 aromatic rings. The molecular weight excluding hydrogens is 486 g/mol. The average Bonchev–Trinajstić information content (AvgIpc) is 3.51. The van der Waals surface area contributed by atoms with Crippen LogP contribution in [0.2, 0.25) is 0 Å². The third-order valence-corrected chi connectivity index (χ3v) is 7.43. The summed E-state index contributed by atoms with van der Waals surface area (Å²) in [5.41, 5.74) is 1.41. The molecular formula is C29H35N3O6. The number of nitrogens with one attached hydrogen (secondary N) is 1. The van der Waals surface area contributed by atoms with Crippen molar-refractivity contribution in [2.24, 2.45) is 5.92 Å². The van der Waals surface area contributed by atoms with E-state index in [9.17, 15) is 14.4 Å². The first kappa shape index (κ1) is 26.0. The first-order chi connectivity index (χ1) is 18.3. The molecule has 0 saturated carbocycles. The summed E-state index contributed by atoms with van der Waals surface area (Å²) in [5.74, 6) is 1.20. The minimum Gasteiger partial charge on any atom is -0.454 e. The highest BCUT2D eigenvalue weighted by Gasteiger charge is 2.54. The molecule has 3 heterocycles. The van der Waals surface area contributed by atoms with Gasteiger partial charge < -0.3 is 24.4 Å². The van der Waals surface area contributed by atoms with Crippen LogP contribution in [-0.4, -0.2) is 65.8 Å². The molecule has 2 aromatic carbocycles. The van der Waals surface area contributed by atoms with Gasteiger partial charge in [-0.3, -0.25) is 19.3 Å². The van der Waals surface area contributed by atoms with Crippen LogP contribution in [0.5, 0.6) is 11.5 Å². The van der Waals surface area contributed by atoms with Gasteiger partial charge in [-0.15, -0.1) is 0 Å². The predicted octanol–water partition coefficient (Wildman–Crippen LogP) is 3.25. The van der Waals surface area contributed by atoms with Gasteiger partial charge in [-0.1, -0.05) is 37.6 Å². The van der Waals surface area contributed by atoms with E-state index in [1.165, 1.54) is 0 Å². The van der Waals surface area contributed by atoms with Gasteiger partial charge in [0.2, 0.25) is 18.6 Å². The van der Waals surface area contributed by atoms with Crippen molar-refractivity contribution in [2.45, 2.75) is 58.3 Å². The highest BCUT2D eigenvalue weighted by Crippen LogP contribution is 2.39. The molecule has 3 amide bonds. The Bertz CT molecular complexity index is 1220. The molecule has 0 aliphatic carbocycles. The van der Waals surface area contributed by atoms with Crippen LogP contribution in [-0.2, 0) is 20.9 Å². The fourth-order valence-corrected chi connectivity index (χ4v) is 5.43. The van der Waals surface area contributed by atoms with E-state index in [1.54, 1.807) is 11.0 Å². The average molecular weight is 522 g/mol. The number of aryl methyl sites for hydroxylation is 1. The van der Waals surface area contributed by atoms with Gasteiger partial charge in [-0.05, 0) is 42.7 Å². The fraction of sp³-hybridized carbons (Fsp3) is 0.483. The summed E-state index contributed by atoms with van der Waals surface area (Å²) in [7, 11) is 0. The third-order valence-electron chi connectivity index (χ3n) is 7.43. The minimum absolute atomic E-state index is 0.102. The summed E-state index contributed by atoms with van der Waals surface area (Å²) in [6.07, 6.45) is 1.41. The normalized spacial score (nSPS) is 19.7. The monoisotopic (exact) mass is 521 g/mol. The number of piperidine rings is 1. The van der Waals surface area contributed by atoms with E-state index < -0.39 is 11.8 Å². The lowest BCUT2D eigenvalue weighted by Crippen LogP contribution is -2.59. The van der Waals surface area contributed by atoms with Gasteiger partial charge in [0.05, 0.1) is 6.61 Å². The van der Waals surface area contributed by atoms with Crippen molar-refractivity contribution in [1.82, 2.24) is 15.1 Å². The molecule has 0 bridgehead atoms. The van der Waals surface area contributed by atoms with Crippen molar-refractivity contribution in [1.29, 1.82) is 0 Å². The molecule has 9 heteroatoms. The summed E-state index contributed by atoms with van der Waals surface area (Å²) in [4.78, 5) is 43.5. The van der Waals surface area contributed by atoms with Gasteiger partial charge >= 0.3 is 0 Å². The Morgan fingerprint density at radius 2 is 1.82 bits per heavy atom. The number of amides is 3. The quantitative estimate of drug-likeness (QED) is 0.627. The maximum absolute atomic E-state index is 13.9. The molecule has 1 atom stereocenters. The van der Waals surface area contributed by atoms with E-state index >= 15 is 0 Å². The van der Waals surface area contributed by atoms with Crippen molar-refractivity contribution in [2.75, 3.05) is 26.5 Å². The molecule has 1 spiro atoms. The third kappa shape index (κ3) is 5.20. The summed E-state index contributed by atoms with van der Waals surface area (Å²) in [6, 6.07) is 12.1. The number of rotatable bonds is 6. The molecule has 0 unspecified atom stereocenters. The van der Waals surface area contributed by atoms with Gasteiger partial charge in [-0.2, -0.15) is 0 Å². The Morgan fingerprint density at radius 1 is 1.05 bits per heavy atom. The first-order valence-corrected chi connectivity index (χ1v) is 13.2. The van der Waals surface area contributed by atoms with Gasteiger partial charge in [0.1, 0.15) is 11.8 Å². The maximum atomic E-state index is 13.9. The van der Waals surface area contributed by atoms with Crippen molar-refractivity contribution in [3.63, 3.8) is 0 Å². The molecule has 38 heavy (non-hydrogen) atoms. The highest BCUT2D eigenvalue weighted by molar-refractivity contribution is 5.98. The molecule has 202 valence electrons. The molecule has 3 aliphatic heterocycles. The van der Waals surface area contributed by atoms with E-state index in [2.05, 4.69) is 5.32 Å². The Hall–Kier alpha value is -3.59. The maximum Gasteiger partial charge on any atom is 0.256 e. The first-order valence-electron chi connectivity index (χ1n) is 13.2. The summed E-state index contributed by atoms with van der Waals surface area (Å²) >= 11 is 0. The van der Waals surface area contributed by atoms with Crippen molar-refractivity contribution in [3.05, 3.63) is 59.2 Å². The molecule has 9 nitrogen and oxygen atoms in total. The van der Waals surface area contributed by atoms with E-state index in [0.717, 1.165) is 11.1 Å². The standard InChI is InChI=1S/C29H35N3O6/c1-19(2)13-26(33)31-11-9-29(10-12-31)32(28(35)22-6-4-5-20(3)14-22)23(17-38-29)27(34)30-16-21-7-8-24-25(15-21)37-18-36-24/h4-8,14-15,19,23H,9-13,16-18H2,1-3H3,(H,30,34)/t23-/m0/s1. The smallest absolute Gasteiger partial charge is 0.256 e. The van der Waals surface area contributed by atoms with Crippen LogP contribution >= 0.6 is 0 Å². The number of likely N-dealkylation sites (tertiary alicyclic amines) is 1. The van der Waals surface area contributed by atoms with Gasteiger partial charge in [-0.25, -0.2) is 0 Å². The van der Waals surface area contributed by atoms with Gasteiger partial charge in [0.25, 0.3) is 5.91 Å². The van der Waals surface area contributed by atoms with Crippen LogP contribution in [0.1, 0.15) is 54.6 Å². The lowest BCUT2D eigenvalue weighted by molar-refractivity contribution is -0.144. The van der Waals surface area contributed by atoms with Gasteiger partial charge in [0.15, 0.2) is 11.5 Å². The molecule has 0 aromatic heterocycles. The van der Waals surface area contributed by atoms with Crippen molar-refractivity contribution in [3.8, 4) is 11.5 Å². The van der Waals surface area contributed by atoms with Crippen LogP contribution in [0.3, 0.4) is 0 Å². The molecule has 2 fully saturated rings. The second-order valence-corrected chi connectivity index (χ2v) is 10.7. The minimum atomic E-state index is -0.934. The second kappa shape index (κ2) is 10.6. The number of benzene rings is 2. The summed E-state index contributed by atoms with van der Waals surface area (Å²) < 4.78 is 17.1. The Kier molecular flexibility index (Phi) is 7.29. The van der Waals surface area contributed by atoms with Crippen molar-refractivity contribution < 1.29 is 28.6 Å². The molecule has 3 aliphatic rings. The van der Waals surface area contributed by atoms with E-state index in [4.69, 9.17) is 14.2 Å². The van der Waals surface area contributed by atoms with Gasteiger partial charge in [0, 0.05) is 44.5 Å². The zero-order chi connectivity index (χ0) is 26.9. The van der Waals surface area contributed by atoms with Crippen LogP contribution in [0, 0.1) is 12.8 Å². The number of carbonyl (C=O) groups excluding carboxylic acids is 3. The SMILES string of the molecule is Cc1cccc(C(=O)N2[C@H](C(=O)NCc3ccc4c(c3)OCO4)COC23CCN(C(=O)CC(C)C)CC3)c1. The lowest BCUT2D eigenvalue weighted by Gasteiger charge is -2.44. The zero-order valence-electron chi connectivity index (χ0n) is 22.2. The van der Waals surface area contributed by atoms with Crippen molar-refractivity contribution >= 4 is 17.7 Å². The molecule has 1 N–H and O–H groups in total. The largest absolute Gasteiger partial charge is 0.454 e. The second-order valence-electron chi connectivity index (χ2n) is 10.7. The number of ether oxygens (including phenoxy) is 3. The van der Waals surface area contributed by atoms with Crippen LogP contribution in [0.25, 0.3) is 0 Å². The van der Waals surface area contributed by atoms with Crippen LogP contribution in [0.15, 0.2) is 42.5 Å². The van der Waals surface area contributed by atoms with E-state index in [-0.39, 0.29) is 43.6 Å². The van der Waals surface area contributed by atoms with Crippen LogP contribution < -0.4 is 14.8 Å². The number of nitrogens with zero attached hydrogens (tertiary/aromatic N) is 2. The molecule has 5 rings (SSSR count). The number of hydrogen-bond acceptors (Lipinski definition) is 6. The topological polar surface area (TPSA) is 97.4 Å². The number of carbonyl (C=O) groups is 3. The predicted molar refractivity (Wildman–Crippen MR) is 140 cm³/mol. The lowest BCUT2D eigenvalue weighted by atomic mass is 9.95. The Balaban J connectivity index is 1.34.